The molecule has 1 aromatic heterocycles. The number of allylic oxidation sites excluding steroid dienone is 1. The Kier molecular flexibility index (Phi) is 4.19. The van der Waals surface area contributed by atoms with E-state index in [4.69, 9.17) is 5.73 Å². The van der Waals surface area contributed by atoms with Gasteiger partial charge in [0.05, 0.1) is 0 Å². The van der Waals surface area contributed by atoms with E-state index in [1.54, 1.807) is 11.3 Å². The Labute approximate surface area is 84.3 Å². The molecule has 0 saturated carbocycles. The minimum absolute atomic E-state index is 0.588. The van der Waals surface area contributed by atoms with Crippen molar-refractivity contribution in [2.75, 3.05) is 6.54 Å². The van der Waals surface area contributed by atoms with Crippen molar-refractivity contribution in [3.05, 3.63) is 28.5 Å². The Bertz CT molecular complexity index is 260. The molecular formula is C11H17NS. The summed E-state index contributed by atoms with van der Waals surface area (Å²) in [5.74, 6) is 0.588. The smallest absolute Gasteiger partial charge is 0.0301 e. The van der Waals surface area contributed by atoms with Gasteiger partial charge in [0.25, 0.3) is 0 Å². The van der Waals surface area contributed by atoms with Gasteiger partial charge in [0.2, 0.25) is 0 Å². The van der Waals surface area contributed by atoms with E-state index in [1.165, 1.54) is 10.5 Å². The maximum Gasteiger partial charge on any atom is 0.0301 e. The highest BCUT2D eigenvalue weighted by atomic mass is 32.1. The molecule has 13 heavy (non-hydrogen) atoms. The summed E-state index contributed by atoms with van der Waals surface area (Å²) in [5.41, 5.74) is 6.92. The van der Waals surface area contributed by atoms with Crippen molar-refractivity contribution >= 4 is 16.9 Å². The first-order valence-electron chi connectivity index (χ1n) is 4.69. The topological polar surface area (TPSA) is 26.0 Å². The van der Waals surface area contributed by atoms with Crippen LogP contribution in [0, 0.1) is 5.92 Å². The van der Waals surface area contributed by atoms with Crippen molar-refractivity contribution < 1.29 is 0 Å². The second-order valence-corrected chi connectivity index (χ2v) is 4.32. The zero-order chi connectivity index (χ0) is 9.68. The molecule has 0 radical (unpaired) electrons. The SMILES string of the molecule is CC(C)C(=CCCN)c1cccs1. The van der Waals surface area contributed by atoms with Crippen LogP contribution in [0.1, 0.15) is 25.1 Å². The Balaban J connectivity index is 2.80. The van der Waals surface area contributed by atoms with Crippen LogP contribution in [0.15, 0.2) is 23.6 Å². The number of thiophene rings is 1. The molecule has 1 heterocycles. The van der Waals surface area contributed by atoms with Gasteiger partial charge in [0, 0.05) is 4.88 Å². The largest absolute Gasteiger partial charge is 0.330 e. The zero-order valence-electron chi connectivity index (χ0n) is 8.29. The molecule has 0 aliphatic rings. The summed E-state index contributed by atoms with van der Waals surface area (Å²) >= 11 is 1.80. The summed E-state index contributed by atoms with van der Waals surface area (Å²) in [6.45, 7) is 5.19. The number of hydrogen-bond acceptors (Lipinski definition) is 2. The molecule has 0 spiro atoms. The Morgan fingerprint density at radius 2 is 2.38 bits per heavy atom. The van der Waals surface area contributed by atoms with E-state index in [1.807, 2.05) is 0 Å². The summed E-state index contributed by atoms with van der Waals surface area (Å²) < 4.78 is 0. The summed E-state index contributed by atoms with van der Waals surface area (Å²) in [6.07, 6.45) is 3.24. The van der Waals surface area contributed by atoms with E-state index in [-0.39, 0.29) is 0 Å². The molecule has 0 saturated heterocycles. The molecule has 0 amide bonds. The molecule has 0 aliphatic carbocycles. The Morgan fingerprint density at radius 1 is 1.62 bits per heavy atom. The molecule has 0 atom stereocenters. The number of hydrogen-bond donors (Lipinski definition) is 1. The van der Waals surface area contributed by atoms with Crippen molar-refractivity contribution in [3.8, 4) is 0 Å². The molecule has 2 N–H and O–H groups in total. The van der Waals surface area contributed by atoms with Crippen LogP contribution >= 0.6 is 11.3 Å². The first-order chi connectivity index (χ1) is 6.25. The standard InChI is InChI=1S/C11H17NS/c1-9(2)10(5-3-7-12)11-6-4-8-13-11/h4-6,8-9H,3,7,12H2,1-2H3. The van der Waals surface area contributed by atoms with Crippen LogP contribution in [-0.2, 0) is 0 Å². The fourth-order valence-corrected chi connectivity index (χ4v) is 2.22. The van der Waals surface area contributed by atoms with Crippen molar-refractivity contribution in [1.82, 2.24) is 0 Å². The van der Waals surface area contributed by atoms with Crippen LogP contribution in [0.3, 0.4) is 0 Å². The molecule has 0 aliphatic heterocycles. The maximum absolute atomic E-state index is 5.49. The van der Waals surface area contributed by atoms with Crippen molar-refractivity contribution in [3.63, 3.8) is 0 Å². The molecule has 1 aromatic rings. The molecule has 0 aromatic carbocycles. The third-order valence-corrected chi connectivity index (χ3v) is 2.88. The molecule has 2 heteroatoms. The lowest BCUT2D eigenvalue weighted by molar-refractivity contribution is 0.850. The highest BCUT2D eigenvalue weighted by molar-refractivity contribution is 7.11. The minimum Gasteiger partial charge on any atom is -0.330 e. The maximum atomic E-state index is 5.49. The van der Waals surface area contributed by atoms with Gasteiger partial charge in [-0.1, -0.05) is 26.0 Å². The lowest BCUT2D eigenvalue weighted by Crippen LogP contribution is -1.98. The molecular weight excluding hydrogens is 178 g/mol. The van der Waals surface area contributed by atoms with Crippen molar-refractivity contribution in [2.24, 2.45) is 11.7 Å². The first kappa shape index (κ1) is 10.5. The number of rotatable bonds is 4. The van der Waals surface area contributed by atoms with Crippen molar-refractivity contribution in [1.29, 1.82) is 0 Å². The van der Waals surface area contributed by atoms with Gasteiger partial charge < -0.3 is 5.73 Å². The zero-order valence-corrected chi connectivity index (χ0v) is 9.10. The van der Waals surface area contributed by atoms with Gasteiger partial charge in [-0.05, 0) is 35.9 Å². The van der Waals surface area contributed by atoms with Crippen LogP contribution in [0.25, 0.3) is 5.57 Å². The second kappa shape index (κ2) is 5.20. The highest BCUT2D eigenvalue weighted by Gasteiger charge is 2.05. The van der Waals surface area contributed by atoms with E-state index in [0.717, 1.165) is 13.0 Å². The van der Waals surface area contributed by atoms with Crippen LogP contribution in [0.4, 0.5) is 0 Å². The first-order valence-corrected chi connectivity index (χ1v) is 5.57. The lowest BCUT2D eigenvalue weighted by atomic mass is 10.0. The third-order valence-electron chi connectivity index (χ3n) is 1.96. The minimum atomic E-state index is 0.588. The van der Waals surface area contributed by atoms with Gasteiger partial charge in [-0.15, -0.1) is 11.3 Å². The molecule has 0 unspecified atom stereocenters. The lowest BCUT2D eigenvalue weighted by Gasteiger charge is -2.08. The summed E-state index contributed by atoms with van der Waals surface area (Å²) in [4.78, 5) is 1.38. The van der Waals surface area contributed by atoms with Gasteiger partial charge in [0.1, 0.15) is 0 Å². The second-order valence-electron chi connectivity index (χ2n) is 3.37. The summed E-state index contributed by atoms with van der Waals surface area (Å²) in [5, 5.41) is 2.12. The molecule has 0 bridgehead atoms. The quantitative estimate of drug-likeness (QED) is 0.784. The van der Waals surface area contributed by atoms with E-state index in [9.17, 15) is 0 Å². The van der Waals surface area contributed by atoms with Crippen molar-refractivity contribution in [2.45, 2.75) is 20.3 Å². The average Bonchev–Trinajstić information content (AvgIpc) is 2.57. The van der Waals surface area contributed by atoms with Crippen LogP contribution in [-0.4, -0.2) is 6.54 Å². The fraction of sp³-hybridized carbons (Fsp3) is 0.455. The predicted molar refractivity (Wildman–Crippen MR) is 60.8 cm³/mol. The average molecular weight is 195 g/mol. The normalized spacial score (nSPS) is 12.5. The summed E-state index contributed by atoms with van der Waals surface area (Å²) in [7, 11) is 0. The Morgan fingerprint density at radius 3 is 2.85 bits per heavy atom. The van der Waals surface area contributed by atoms with Gasteiger partial charge >= 0.3 is 0 Å². The summed E-state index contributed by atoms with van der Waals surface area (Å²) in [6, 6.07) is 4.27. The number of nitrogens with two attached hydrogens (primary N) is 1. The highest BCUT2D eigenvalue weighted by Crippen LogP contribution is 2.27. The van der Waals surface area contributed by atoms with Crippen LogP contribution < -0.4 is 5.73 Å². The monoisotopic (exact) mass is 195 g/mol. The van der Waals surface area contributed by atoms with E-state index >= 15 is 0 Å². The molecule has 72 valence electrons. The third kappa shape index (κ3) is 2.98. The van der Waals surface area contributed by atoms with Gasteiger partial charge in [-0.3, -0.25) is 0 Å². The van der Waals surface area contributed by atoms with Crippen LogP contribution in [0.2, 0.25) is 0 Å². The molecule has 0 fully saturated rings. The van der Waals surface area contributed by atoms with Gasteiger partial charge in [-0.2, -0.15) is 0 Å². The fourth-order valence-electron chi connectivity index (χ4n) is 1.30. The molecule has 1 rings (SSSR count). The Hall–Kier alpha value is -0.600. The van der Waals surface area contributed by atoms with Crippen LogP contribution in [0.5, 0.6) is 0 Å². The van der Waals surface area contributed by atoms with Gasteiger partial charge in [0.15, 0.2) is 0 Å². The van der Waals surface area contributed by atoms with E-state index in [2.05, 4.69) is 37.4 Å². The molecule has 1 nitrogen and oxygen atoms in total. The predicted octanol–water partition coefficient (Wildman–Crippen LogP) is 3.14. The van der Waals surface area contributed by atoms with E-state index < -0.39 is 0 Å². The van der Waals surface area contributed by atoms with E-state index in [0.29, 0.717) is 5.92 Å². The van der Waals surface area contributed by atoms with Gasteiger partial charge in [-0.25, -0.2) is 0 Å².